The Labute approximate surface area is 161 Å². The highest BCUT2D eigenvalue weighted by molar-refractivity contribution is 5.78. The van der Waals surface area contributed by atoms with Crippen molar-refractivity contribution in [1.82, 2.24) is 14.7 Å². The van der Waals surface area contributed by atoms with Crippen LogP contribution < -0.4 is 0 Å². The summed E-state index contributed by atoms with van der Waals surface area (Å²) in [6.07, 6.45) is 0. The van der Waals surface area contributed by atoms with Gasteiger partial charge in [-0.3, -0.25) is 14.6 Å². The van der Waals surface area contributed by atoms with Crippen molar-refractivity contribution in [3.63, 3.8) is 0 Å². The van der Waals surface area contributed by atoms with Crippen LogP contribution in [0.3, 0.4) is 0 Å². The predicted molar refractivity (Wildman–Crippen MR) is 106 cm³/mol. The second-order valence-corrected chi connectivity index (χ2v) is 7.10. The standard InChI is InChI=1S/C22H26N4O/c1-24(16-21-9-7-19(15-23)8-10-21)22(27)18-26-13-11-25(12-14-26)17-20-5-3-2-4-6-20/h2-10H,11-14,16-18H2,1H3. The van der Waals surface area contributed by atoms with Crippen LogP contribution in [0.5, 0.6) is 0 Å². The summed E-state index contributed by atoms with van der Waals surface area (Å²) in [5.74, 6) is 0.135. The number of nitrogens with zero attached hydrogens (tertiary/aromatic N) is 4. The molecule has 0 aliphatic carbocycles. The molecule has 1 aliphatic rings. The lowest BCUT2D eigenvalue weighted by molar-refractivity contribution is -0.132. The summed E-state index contributed by atoms with van der Waals surface area (Å²) < 4.78 is 0. The summed E-state index contributed by atoms with van der Waals surface area (Å²) in [5, 5.41) is 8.86. The molecular weight excluding hydrogens is 336 g/mol. The Bertz CT molecular complexity index is 774. The maximum Gasteiger partial charge on any atom is 0.236 e. The van der Waals surface area contributed by atoms with E-state index >= 15 is 0 Å². The minimum absolute atomic E-state index is 0.135. The van der Waals surface area contributed by atoms with E-state index < -0.39 is 0 Å². The Balaban J connectivity index is 1.42. The zero-order chi connectivity index (χ0) is 19.1. The van der Waals surface area contributed by atoms with Crippen LogP contribution in [-0.2, 0) is 17.9 Å². The molecule has 27 heavy (non-hydrogen) atoms. The SMILES string of the molecule is CN(Cc1ccc(C#N)cc1)C(=O)CN1CCN(Cc2ccccc2)CC1. The fourth-order valence-corrected chi connectivity index (χ4v) is 3.31. The molecule has 0 saturated carbocycles. The van der Waals surface area contributed by atoms with E-state index in [2.05, 4.69) is 40.1 Å². The minimum atomic E-state index is 0.135. The van der Waals surface area contributed by atoms with Crippen molar-refractivity contribution in [1.29, 1.82) is 5.26 Å². The van der Waals surface area contributed by atoms with Crippen LogP contribution in [0.4, 0.5) is 0 Å². The number of carbonyl (C=O) groups is 1. The lowest BCUT2D eigenvalue weighted by Crippen LogP contribution is -2.49. The van der Waals surface area contributed by atoms with Gasteiger partial charge in [-0.25, -0.2) is 0 Å². The number of likely N-dealkylation sites (N-methyl/N-ethyl adjacent to an activating group) is 1. The summed E-state index contributed by atoms with van der Waals surface area (Å²) in [4.78, 5) is 19.0. The molecule has 0 spiro atoms. The van der Waals surface area contributed by atoms with Crippen molar-refractivity contribution in [2.24, 2.45) is 0 Å². The number of piperazine rings is 1. The Morgan fingerprint density at radius 2 is 1.59 bits per heavy atom. The van der Waals surface area contributed by atoms with Gasteiger partial charge in [0.1, 0.15) is 0 Å². The van der Waals surface area contributed by atoms with Crippen LogP contribution in [0.15, 0.2) is 54.6 Å². The molecule has 0 unspecified atom stereocenters. The number of nitriles is 1. The lowest BCUT2D eigenvalue weighted by Gasteiger charge is -2.35. The van der Waals surface area contributed by atoms with E-state index in [1.54, 1.807) is 17.0 Å². The average molecular weight is 362 g/mol. The summed E-state index contributed by atoms with van der Waals surface area (Å²) in [5.41, 5.74) is 3.02. The molecular formula is C22H26N4O. The zero-order valence-corrected chi connectivity index (χ0v) is 15.8. The molecule has 0 aromatic heterocycles. The molecule has 2 aromatic rings. The molecule has 5 nitrogen and oxygen atoms in total. The van der Waals surface area contributed by atoms with Gasteiger partial charge in [0.2, 0.25) is 5.91 Å². The van der Waals surface area contributed by atoms with Crippen LogP contribution in [-0.4, -0.2) is 60.4 Å². The minimum Gasteiger partial charge on any atom is -0.340 e. The Morgan fingerprint density at radius 1 is 0.963 bits per heavy atom. The van der Waals surface area contributed by atoms with Crippen LogP contribution in [0.25, 0.3) is 0 Å². The van der Waals surface area contributed by atoms with Gasteiger partial charge < -0.3 is 4.90 Å². The number of benzene rings is 2. The number of amides is 1. The molecule has 0 radical (unpaired) electrons. The van der Waals surface area contributed by atoms with Gasteiger partial charge in [0.05, 0.1) is 18.2 Å². The Kier molecular flexibility index (Phi) is 6.59. The molecule has 1 fully saturated rings. The van der Waals surface area contributed by atoms with E-state index in [1.165, 1.54) is 5.56 Å². The Morgan fingerprint density at radius 3 is 2.22 bits per heavy atom. The molecule has 2 aromatic carbocycles. The molecule has 140 valence electrons. The predicted octanol–water partition coefficient (Wildman–Crippen LogP) is 2.33. The van der Waals surface area contributed by atoms with Gasteiger partial charge >= 0.3 is 0 Å². The third-order valence-electron chi connectivity index (χ3n) is 5.00. The van der Waals surface area contributed by atoms with Crippen molar-refractivity contribution in [3.8, 4) is 6.07 Å². The molecule has 1 heterocycles. The van der Waals surface area contributed by atoms with Gasteiger partial charge in [-0.05, 0) is 23.3 Å². The average Bonchev–Trinajstić information content (AvgIpc) is 2.71. The first-order valence-corrected chi connectivity index (χ1v) is 9.35. The van der Waals surface area contributed by atoms with E-state index in [0.29, 0.717) is 18.7 Å². The van der Waals surface area contributed by atoms with E-state index in [9.17, 15) is 4.79 Å². The van der Waals surface area contributed by atoms with Crippen molar-refractivity contribution in [2.45, 2.75) is 13.1 Å². The quantitative estimate of drug-likeness (QED) is 0.791. The van der Waals surface area contributed by atoms with Gasteiger partial charge in [-0.2, -0.15) is 5.26 Å². The molecule has 1 saturated heterocycles. The largest absolute Gasteiger partial charge is 0.340 e. The summed E-state index contributed by atoms with van der Waals surface area (Å²) >= 11 is 0. The van der Waals surface area contributed by atoms with Crippen LogP contribution in [0.2, 0.25) is 0 Å². The zero-order valence-electron chi connectivity index (χ0n) is 15.8. The first-order chi connectivity index (χ1) is 13.1. The smallest absolute Gasteiger partial charge is 0.236 e. The third kappa shape index (κ3) is 5.65. The van der Waals surface area contributed by atoms with Crippen LogP contribution >= 0.6 is 0 Å². The number of hydrogen-bond donors (Lipinski definition) is 0. The number of hydrogen-bond acceptors (Lipinski definition) is 4. The first-order valence-electron chi connectivity index (χ1n) is 9.35. The summed E-state index contributed by atoms with van der Waals surface area (Å²) in [7, 11) is 1.84. The fraction of sp³-hybridized carbons (Fsp3) is 0.364. The third-order valence-corrected chi connectivity index (χ3v) is 5.00. The van der Waals surface area contributed by atoms with Gasteiger partial charge in [0.25, 0.3) is 0 Å². The van der Waals surface area contributed by atoms with Gasteiger partial charge in [-0.15, -0.1) is 0 Å². The molecule has 0 N–H and O–H groups in total. The van der Waals surface area contributed by atoms with E-state index in [-0.39, 0.29) is 5.91 Å². The van der Waals surface area contributed by atoms with Crippen molar-refractivity contribution < 1.29 is 4.79 Å². The topological polar surface area (TPSA) is 50.6 Å². The maximum absolute atomic E-state index is 12.5. The van der Waals surface area contributed by atoms with Crippen molar-refractivity contribution >= 4 is 5.91 Å². The van der Waals surface area contributed by atoms with Crippen molar-refractivity contribution in [3.05, 3.63) is 71.3 Å². The van der Waals surface area contributed by atoms with E-state index in [4.69, 9.17) is 5.26 Å². The summed E-state index contributed by atoms with van der Waals surface area (Å²) in [6.45, 7) is 5.82. The molecule has 0 atom stereocenters. The second-order valence-electron chi connectivity index (χ2n) is 7.10. The molecule has 1 aliphatic heterocycles. The van der Waals surface area contributed by atoms with E-state index in [1.807, 2.05) is 25.2 Å². The van der Waals surface area contributed by atoms with E-state index in [0.717, 1.165) is 38.3 Å². The first kappa shape index (κ1) is 19.1. The highest BCUT2D eigenvalue weighted by Gasteiger charge is 2.20. The van der Waals surface area contributed by atoms with Gasteiger partial charge in [0, 0.05) is 46.3 Å². The molecule has 3 rings (SSSR count). The normalized spacial score (nSPS) is 15.3. The lowest BCUT2D eigenvalue weighted by atomic mass is 10.1. The highest BCUT2D eigenvalue weighted by Crippen LogP contribution is 2.10. The molecule has 0 bridgehead atoms. The van der Waals surface area contributed by atoms with Crippen LogP contribution in [0.1, 0.15) is 16.7 Å². The highest BCUT2D eigenvalue weighted by atomic mass is 16.2. The molecule has 5 heteroatoms. The Hall–Kier alpha value is -2.68. The maximum atomic E-state index is 12.5. The van der Waals surface area contributed by atoms with Gasteiger partial charge in [-0.1, -0.05) is 42.5 Å². The fourth-order valence-electron chi connectivity index (χ4n) is 3.31. The second kappa shape index (κ2) is 9.31. The number of rotatable bonds is 6. The monoisotopic (exact) mass is 362 g/mol. The number of carbonyl (C=O) groups excluding carboxylic acids is 1. The molecule has 1 amide bonds. The summed E-state index contributed by atoms with van der Waals surface area (Å²) in [6, 6.07) is 20.0. The van der Waals surface area contributed by atoms with Gasteiger partial charge in [0.15, 0.2) is 0 Å². The van der Waals surface area contributed by atoms with Crippen LogP contribution in [0, 0.1) is 11.3 Å². The van der Waals surface area contributed by atoms with Crippen molar-refractivity contribution in [2.75, 3.05) is 39.8 Å².